The van der Waals surface area contributed by atoms with Gasteiger partial charge in [0.1, 0.15) is 5.75 Å². The molecule has 3 rings (SSSR count). The molecule has 0 bridgehead atoms. The van der Waals surface area contributed by atoms with Crippen LogP contribution in [0, 0.1) is 0 Å². The lowest BCUT2D eigenvalue weighted by molar-refractivity contribution is -0.118. The van der Waals surface area contributed by atoms with Crippen molar-refractivity contribution in [3.05, 3.63) is 71.1 Å². The molecule has 0 radical (unpaired) electrons. The van der Waals surface area contributed by atoms with Crippen molar-refractivity contribution in [1.29, 1.82) is 0 Å². The van der Waals surface area contributed by atoms with Crippen LogP contribution in [0.4, 0.5) is 0 Å². The maximum Gasteiger partial charge on any atom is 0.277 e. The highest BCUT2D eigenvalue weighted by molar-refractivity contribution is 7.99. The molecule has 0 atom stereocenters. The Labute approximate surface area is 166 Å². The summed E-state index contributed by atoms with van der Waals surface area (Å²) in [6, 6.07) is 17.0. The minimum absolute atomic E-state index is 0.0758. The van der Waals surface area contributed by atoms with Crippen LogP contribution in [0.25, 0.3) is 0 Å². The van der Waals surface area contributed by atoms with Gasteiger partial charge < -0.3 is 14.5 Å². The van der Waals surface area contributed by atoms with Crippen LogP contribution >= 0.6 is 23.4 Å². The Bertz CT molecular complexity index is 856. The first-order chi connectivity index (χ1) is 13.2. The standard InChI is InChI=1S/C19H18ClN3O3S/c20-15-6-8-16(9-7-15)25-12-18-22-23-19(26-18)27-13-17(24)21-11-10-14-4-2-1-3-5-14/h1-9H,10-13H2,(H,21,24). The maximum absolute atomic E-state index is 11.9. The average molecular weight is 404 g/mol. The van der Waals surface area contributed by atoms with E-state index in [9.17, 15) is 4.79 Å². The van der Waals surface area contributed by atoms with Crippen molar-refractivity contribution >= 4 is 29.3 Å². The van der Waals surface area contributed by atoms with Crippen LogP contribution in [0.5, 0.6) is 5.75 Å². The van der Waals surface area contributed by atoms with Crippen LogP contribution in [-0.4, -0.2) is 28.4 Å². The third-order valence-corrected chi connectivity index (χ3v) is 4.60. The first-order valence-electron chi connectivity index (χ1n) is 8.33. The predicted octanol–water partition coefficient (Wildman–Crippen LogP) is 3.75. The first-order valence-corrected chi connectivity index (χ1v) is 9.69. The van der Waals surface area contributed by atoms with Crippen LogP contribution in [0.1, 0.15) is 11.5 Å². The van der Waals surface area contributed by atoms with E-state index in [1.54, 1.807) is 24.3 Å². The summed E-state index contributed by atoms with van der Waals surface area (Å²) in [4.78, 5) is 11.9. The van der Waals surface area contributed by atoms with Crippen molar-refractivity contribution in [3.8, 4) is 5.75 Å². The van der Waals surface area contributed by atoms with Crippen LogP contribution in [0.3, 0.4) is 0 Å². The highest BCUT2D eigenvalue weighted by Crippen LogP contribution is 2.19. The number of thioether (sulfide) groups is 1. The second-order valence-electron chi connectivity index (χ2n) is 5.58. The number of carbonyl (C=O) groups excluding carboxylic acids is 1. The van der Waals surface area contributed by atoms with E-state index in [0.717, 1.165) is 6.42 Å². The molecule has 0 saturated heterocycles. The molecule has 1 heterocycles. The van der Waals surface area contributed by atoms with Gasteiger partial charge in [-0.3, -0.25) is 4.79 Å². The summed E-state index contributed by atoms with van der Waals surface area (Å²) in [7, 11) is 0. The summed E-state index contributed by atoms with van der Waals surface area (Å²) in [6.45, 7) is 0.742. The number of carbonyl (C=O) groups is 1. The van der Waals surface area contributed by atoms with Gasteiger partial charge in [-0.05, 0) is 36.2 Å². The fourth-order valence-electron chi connectivity index (χ4n) is 2.20. The number of hydrogen-bond donors (Lipinski definition) is 1. The zero-order valence-electron chi connectivity index (χ0n) is 14.4. The van der Waals surface area contributed by atoms with E-state index >= 15 is 0 Å². The SMILES string of the molecule is O=C(CSc1nnc(COc2ccc(Cl)cc2)o1)NCCc1ccccc1. The van der Waals surface area contributed by atoms with E-state index in [2.05, 4.69) is 15.5 Å². The normalized spacial score (nSPS) is 10.6. The molecule has 140 valence electrons. The summed E-state index contributed by atoms with van der Waals surface area (Å²) >= 11 is 7.02. The number of nitrogens with one attached hydrogen (secondary N) is 1. The Balaban J connectivity index is 1.36. The van der Waals surface area contributed by atoms with Crippen molar-refractivity contribution in [2.24, 2.45) is 0 Å². The number of rotatable bonds is 9. The van der Waals surface area contributed by atoms with E-state index in [0.29, 0.717) is 28.4 Å². The van der Waals surface area contributed by atoms with Gasteiger partial charge in [0.2, 0.25) is 5.91 Å². The topological polar surface area (TPSA) is 77.2 Å². The van der Waals surface area contributed by atoms with Crippen LogP contribution in [-0.2, 0) is 17.8 Å². The molecule has 27 heavy (non-hydrogen) atoms. The Hall–Kier alpha value is -2.51. The highest BCUT2D eigenvalue weighted by Gasteiger charge is 2.10. The van der Waals surface area contributed by atoms with Gasteiger partial charge in [0.15, 0.2) is 6.61 Å². The molecular formula is C19H18ClN3O3S. The fourth-order valence-corrected chi connectivity index (χ4v) is 2.94. The lowest BCUT2D eigenvalue weighted by Gasteiger charge is -2.04. The summed E-state index contributed by atoms with van der Waals surface area (Å²) < 4.78 is 11.0. The van der Waals surface area contributed by atoms with Gasteiger partial charge in [0.05, 0.1) is 5.75 Å². The lowest BCUT2D eigenvalue weighted by Crippen LogP contribution is -2.27. The zero-order valence-corrected chi connectivity index (χ0v) is 16.0. The quantitative estimate of drug-likeness (QED) is 0.548. The molecule has 1 N–H and O–H groups in total. The molecule has 8 heteroatoms. The van der Waals surface area contributed by atoms with Crippen molar-refractivity contribution in [1.82, 2.24) is 15.5 Å². The number of aromatic nitrogens is 2. The molecule has 0 aliphatic carbocycles. The molecule has 6 nitrogen and oxygen atoms in total. The second kappa shape index (κ2) is 9.99. The molecular weight excluding hydrogens is 386 g/mol. The van der Waals surface area contributed by atoms with E-state index in [1.807, 2.05) is 30.3 Å². The van der Waals surface area contributed by atoms with Crippen LogP contribution in [0.15, 0.2) is 64.2 Å². The van der Waals surface area contributed by atoms with E-state index < -0.39 is 0 Å². The lowest BCUT2D eigenvalue weighted by atomic mass is 10.1. The molecule has 0 saturated carbocycles. The number of halogens is 1. The number of benzene rings is 2. The molecule has 0 spiro atoms. The van der Waals surface area contributed by atoms with Crippen LogP contribution < -0.4 is 10.1 Å². The van der Waals surface area contributed by atoms with E-state index in [1.165, 1.54) is 17.3 Å². The number of hydrogen-bond acceptors (Lipinski definition) is 6. The van der Waals surface area contributed by atoms with E-state index in [4.69, 9.17) is 20.8 Å². The molecule has 0 unspecified atom stereocenters. The van der Waals surface area contributed by atoms with Gasteiger partial charge in [0.25, 0.3) is 11.1 Å². The first kappa shape index (κ1) is 19.3. The summed E-state index contributed by atoms with van der Waals surface area (Å²) in [5.74, 6) is 1.14. The molecule has 2 aromatic carbocycles. The molecule has 3 aromatic rings. The molecule has 1 amide bonds. The molecule has 1 aromatic heterocycles. The smallest absolute Gasteiger partial charge is 0.277 e. The average Bonchev–Trinajstić information content (AvgIpc) is 3.15. The summed E-state index contributed by atoms with van der Waals surface area (Å²) in [5.41, 5.74) is 1.19. The van der Waals surface area contributed by atoms with Crippen molar-refractivity contribution in [3.63, 3.8) is 0 Å². The van der Waals surface area contributed by atoms with Gasteiger partial charge in [-0.2, -0.15) is 0 Å². The predicted molar refractivity (Wildman–Crippen MR) is 104 cm³/mol. The monoisotopic (exact) mass is 403 g/mol. The molecule has 0 aliphatic rings. The second-order valence-corrected chi connectivity index (χ2v) is 6.94. The summed E-state index contributed by atoms with van der Waals surface area (Å²) in [6.07, 6.45) is 0.796. The number of ether oxygens (including phenoxy) is 1. The zero-order chi connectivity index (χ0) is 18.9. The minimum atomic E-state index is -0.0758. The van der Waals surface area contributed by atoms with Gasteiger partial charge in [-0.1, -0.05) is 53.7 Å². The fraction of sp³-hybridized carbons (Fsp3) is 0.211. The van der Waals surface area contributed by atoms with Gasteiger partial charge >= 0.3 is 0 Å². The van der Waals surface area contributed by atoms with Crippen molar-refractivity contribution in [2.75, 3.05) is 12.3 Å². The van der Waals surface area contributed by atoms with E-state index in [-0.39, 0.29) is 18.3 Å². The third-order valence-electron chi connectivity index (χ3n) is 3.53. The maximum atomic E-state index is 11.9. The Morgan fingerprint density at radius 2 is 1.89 bits per heavy atom. The van der Waals surface area contributed by atoms with Crippen molar-refractivity contribution in [2.45, 2.75) is 18.3 Å². The van der Waals surface area contributed by atoms with Crippen LogP contribution in [0.2, 0.25) is 5.02 Å². The minimum Gasteiger partial charge on any atom is -0.484 e. The highest BCUT2D eigenvalue weighted by atomic mass is 35.5. The van der Waals surface area contributed by atoms with Gasteiger partial charge in [0, 0.05) is 11.6 Å². The third kappa shape index (κ3) is 6.62. The molecule has 0 aliphatic heterocycles. The Morgan fingerprint density at radius 3 is 2.67 bits per heavy atom. The Morgan fingerprint density at radius 1 is 1.11 bits per heavy atom. The summed E-state index contributed by atoms with van der Waals surface area (Å²) in [5, 5.41) is 11.7. The Kier molecular flexibility index (Phi) is 7.12. The largest absolute Gasteiger partial charge is 0.484 e. The van der Waals surface area contributed by atoms with Gasteiger partial charge in [-0.15, -0.1) is 10.2 Å². The van der Waals surface area contributed by atoms with Gasteiger partial charge in [-0.25, -0.2) is 0 Å². The van der Waals surface area contributed by atoms with Crippen molar-refractivity contribution < 1.29 is 13.9 Å². The molecule has 0 fully saturated rings. The number of nitrogens with zero attached hydrogens (tertiary/aromatic N) is 2. The number of amides is 1.